The van der Waals surface area contributed by atoms with Crippen LogP contribution in [0.4, 0.5) is 5.69 Å². The molecule has 3 N–H and O–H groups in total. The Kier molecular flexibility index (Phi) is 6.39. The average molecular weight is 376 g/mol. The van der Waals surface area contributed by atoms with E-state index in [0.717, 1.165) is 24.0 Å². The van der Waals surface area contributed by atoms with Gasteiger partial charge in [0.15, 0.2) is 0 Å². The molecule has 0 spiro atoms. The van der Waals surface area contributed by atoms with E-state index in [-0.39, 0.29) is 10.8 Å². The number of amides is 1. The van der Waals surface area contributed by atoms with Crippen molar-refractivity contribution in [1.29, 1.82) is 0 Å². The Hall–Kier alpha value is -2.38. The van der Waals surface area contributed by atoms with Gasteiger partial charge in [0.25, 0.3) is 5.91 Å². The Labute approximate surface area is 154 Å². The number of unbranched alkanes of at least 4 members (excludes halogenated alkanes) is 1. The van der Waals surface area contributed by atoms with Crippen molar-refractivity contribution in [3.63, 3.8) is 0 Å². The van der Waals surface area contributed by atoms with E-state index in [1.165, 1.54) is 12.1 Å². The first-order chi connectivity index (χ1) is 12.2. The molecule has 1 amide bonds. The Bertz CT molecular complexity index is 891. The topological polar surface area (TPSA) is 98.5 Å². The summed E-state index contributed by atoms with van der Waals surface area (Å²) in [4.78, 5) is 12.4. The molecule has 7 heteroatoms. The second-order valence-electron chi connectivity index (χ2n) is 6.14. The fourth-order valence-electron chi connectivity index (χ4n) is 2.35. The molecule has 0 heterocycles. The number of hydrogen-bond donors (Lipinski definition) is 2. The van der Waals surface area contributed by atoms with Crippen molar-refractivity contribution >= 4 is 21.6 Å². The van der Waals surface area contributed by atoms with Crippen LogP contribution in [0.3, 0.4) is 0 Å². The number of nitrogens with one attached hydrogen (secondary N) is 1. The number of ether oxygens (including phenoxy) is 1. The third-order valence-electron chi connectivity index (χ3n) is 4.10. The van der Waals surface area contributed by atoms with Crippen LogP contribution in [0, 0.1) is 13.8 Å². The molecule has 0 saturated heterocycles. The summed E-state index contributed by atoms with van der Waals surface area (Å²) in [6.07, 6.45) is 2.03. The predicted molar refractivity (Wildman–Crippen MR) is 102 cm³/mol. The molecule has 0 saturated carbocycles. The number of carbonyl (C=O) groups is 1. The molecule has 2 rings (SSSR count). The molecular weight excluding hydrogens is 352 g/mol. The van der Waals surface area contributed by atoms with Gasteiger partial charge in [-0.2, -0.15) is 0 Å². The molecule has 0 atom stereocenters. The van der Waals surface area contributed by atoms with Crippen LogP contribution >= 0.6 is 0 Å². The quantitative estimate of drug-likeness (QED) is 0.724. The van der Waals surface area contributed by atoms with Gasteiger partial charge in [-0.1, -0.05) is 13.3 Å². The molecule has 6 nitrogen and oxygen atoms in total. The van der Waals surface area contributed by atoms with E-state index in [1.54, 1.807) is 31.2 Å². The lowest BCUT2D eigenvalue weighted by Crippen LogP contribution is -2.16. The molecule has 0 aliphatic heterocycles. The highest BCUT2D eigenvalue weighted by Crippen LogP contribution is 2.24. The number of carbonyl (C=O) groups excluding carboxylic acids is 1. The van der Waals surface area contributed by atoms with Gasteiger partial charge in [-0.3, -0.25) is 4.79 Å². The van der Waals surface area contributed by atoms with Gasteiger partial charge in [-0.25, -0.2) is 13.6 Å². The van der Waals surface area contributed by atoms with Crippen molar-refractivity contribution in [3.8, 4) is 5.75 Å². The molecule has 0 aliphatic carbocycles. The molecule has 0 fully saturated rings. The molecule has 26 heavy (non-hydrogen) atoms. The molecule has 2 aromatic carbocycles. The van der Waals surface area contributed by atoms with Crippen molar-refractivity contribution in [2.75, 3.05) is 11.9 Å². The molecule has 140 valence electrons. The maximum atomic E-state index is 12.5. The Morgan fingerprint density at radius 1 is 1.15 bits per heavy atom. The van der Waals surface area contributed by atoms with E-state index in [4.69, 9.17) is 9.88 Å². The number of anilines is 1. The minimum absolute atomic E-state index is 0.0319. The minimum atomic E-state index is -3.85. The zero-order chi connectivity index (χ0) is 19.3. The lowest BCUT2D eigenvalue weighted by Gasteiger charge is -2.13. The Balaban J connectivity index is 2.18. The van der Waals surface area contributed by atoms with Crippen molar-refractivity contribution in [1.82, 2.24) is 0 Å². The van der Waals surface area contributed by atoms with Crippen LogP contribution in [0.1, 0.15) is 41.3 Å². The Morgan fingerprint density at radius 2 is 1.81 bits per heavy atom. The van der Waals surface area contributed by atoms with Gasteiger partial charge in [0.05, 0.1) is 11.5 Å². The monoisotopic (exact) mass is 376 g/mol. The molecular formula is C19H24N2O4S. The van der Waals surface area contributed by atoms with Gasteiger partial charge in [-0.05, 0) is 67.8 Å². The highest BCUT2D eigenvalue weighted by Gasteiger charge is 2.15. The largest absolute Gasteiger partial charge is 0.494 e. The van der Waals surface area contributed by atoms with Gasteiger partial charge < -0.3 is 10.1 Å². The van der Waals surface area contributed by atoms with E-state index in [0.29, 0.717) is 23.6 Å². The van der Waals surface area contributed by atoms with Crippen molar-refractivity contribution < 1.29 is 17.9 Å². The lowest BCUT2D eigenvalue weighted by molar-refractivity contribution is 0.102. The Morgan fingerprint density at radius 3 is 2.38 bits per heavy atom. The number of rotatable bonds is 7. The van der Waals surface area contributed by atoms with E-state index < -0.39 is 10.0 Å². The van der Waals surface area contributed by atoms with Crippen LogP contribution in [-0.4, -0.2) is 20.9 Å². The second kappa shape index (κ2) is 8.33. The summed E-state index contributed by atoms with van der Waals surface area (Å²) >= 11 is 0. The molecule has 2 aromatic rings. The first-order valence-electron chi connectivity index (χ1n) is 8.40. The van der Waals surface area contributed by atoms with E-state index in [1.807, 2.05) is 6.92 Å². The number of aryl methyl sites for hydroxylation is 1. The minimum Gasteiger partial charge on any atom is -0.494 e. The number of sulfonamides is 1. The van der Waals surface area contributed by atoms with E-state index >= 15 is 0 Å². The van der Waals surface area contributed by atoms with E-state index in [9.17, 15) is 13.2 Å². The number of benzene rings is 2. The zero-order valence-corrected chi connectivity index (χ0v) is 16.0. The third-order valence-corrected chi connectivity index (χ3v) is 4.99. The number of primary sulfonamides is 1. The van der Waals surface area contributed by atoms with E-state index in [2.05, 4.69) is 12.2 Å². The van der Waals surface area contributed by atoms with Crippen molar-refractivity contribution in [2.45, 2.75) is 38.5 Å². The first-order valence-corrected chi connectivity index (χ1v) is 9.95. The number of nitrogens with two attached hydrogens (primary N) is 1. The molecule has 0 aromatic heterocycles. The van der Waals surface area contributed by atoms with Gasteiger partial charge in [0.2, 0.25) is 10.0 Å². The van der Waals surface area contributed by atoms with Crippen molar-refractivity contribution in [3.05, 3.63) is 53.1 Å². The first kappa shape index (κ1) is 19.9. The fraction of sp³-hybridized carbons (Fsp3) is 0.316. The van der Waals surface area contributed by atoms with Crippen LogP contribution in [-0.2, 0) is 10.0 Å². The highest BCUT2D eigenvalue weighted by atomic mass is 32.2. The van der Waals surface area contributed by atoms with Gasteiger partial charge in [0, 0.05) is 11.3 Å². The SMILES string of the molecule is CCCCOc1ccc(C(=O)Nc2cc(S(N)(=O)=O)cc(C)c2C)cc1. The van der Waals surface area contributed by atoms with Crippen LogP contribution in [0.15, 0.2) is 41.3 Å². The van der Waals surface area contributed by atoms with Crippen LogP contribution in [0.5, 0.6) is 5.75 Å². The van der Waals surface area contributed by atoms with Gasteiger partial charge in [0.1, 0.15) is 5.75 Å². The third kappa shape index (κ3) is 5.06. The maximum absolute atomic E-state index is 12.5. The van der Waals surface area contributed by atoms with Gasteiger partial charge in [-0.15, -0.1) is 0 Å². The van der Waals surface area contributed by atoms with Crippen LogP contribution < -0.4 is 15.2 Å². The summed E-state index contributed by atoms with van der Waals surface area (Å²) in [5.41, 5.74) is 2.38. The summed E-state index contributed by atoms with van der Waals surface area (Å²) < 4.78 is 28.8. The van der Waals surface area contributed by atoms with Crippen LogP contribution in [0.2, 0.25) is 0 Å². The normalized spacial score (nSPS) is 11.2. The average Bonchev–Trinajstić information content (AvgIpc) is 2.58. The molecule has 0 unspecified atom stereocenters. The maximum Gasteiger partial charge on any atom is 0.255 e. The number of hydrogen-bond acceptors (Lipinski definition) is 4. The molecule has 0 radical (unpaired) electrons. The standard InChI is InChI=1S/C19H24N2O4S/c1-4-5-10-25-16-8-6-15(7-9-16)19(22)21-18-12-17(26(20,23)24)11-13(2)14(18)3/h6-9,11-12H,4-5,10H2,1-3H3,(H,21,22)(H2,20,23,24). The van der Waals surface area contributed by atoms with Gasteiger partial charge >= 0.3 is 0 Å². The molecule has 0 bridgehead atoms. The smallest absolute Gasteiger partial charge is 0.255 e. The molecule has 0 aliphatic rings. The predicted octanol–water partition coefficient (Wildman–Crippen LogP) is 3.38. The fourth-order valence-corrected chi connectivity index (χ4v) is 2.97. The lowest BCUT2D eigenvalue weighted by atomic mass is 10.1. The summed E-state index contributed by atoms with van der Waals surface area (Å²) in [5.74, 6) is 0.373. The highest BCUT2D eigenvalue weighted by molar-refractivity contribution is 7.89. The van der Waals surface area contributed by atoms with Crippen LogP contribution in [0.25, 0.3) is 0 Å². The summed E-state index contributed by atoms with van der Waals surface area (Å²) in [6, 6.07) is 9.68. The second-order valence-corrected chi connectivity index (χ2v) is 7.70. The summed E-state index contributed by atoms with van der Waals surface area (Å²) in [6.45, 7) is 6.30. The van der Waals surface area contributed by atoms with Crippen molar-refractivity contribution in [2.24, 2.45) is 5.14 Å². The summed E-state index contributed by atoms with van der Waals surface area (Å²) in [7, 11) is -3.85. The zero-order valence-electron chi connectivity index (χ0n) is 15.2. The summed E-state index contributed by atoms with van der Waals surface area (Å²) in [5, 5.41) is 7.95.